The first-order valence-corrected chi connectivity index (χ1v) is 8.02. The second-order valence-electron chi connectivity index (χ2n) is 5.49. The zero-order valence-corrected chi connectivity index (χ0v) is 13.5. The molecule has 4 nitrogen and oxygen atoms in total. The number of anilines is 1. The monoisotopic (exact) mass is 307 g/mol. The van der Waals surface area contributed by atoms with Gasteiger partial charge in [-0.2, -0.15) is 0 Å². The molecule has 0 aliphatic carbocycles. The van der Waals surface area contributed by atoms with Crippen molar-refractivity contribution in [1.82, 2.24) is 4.90 Å². The number of nitrogens with zero attached hydrogens (tertiary/aromatic N) is 2. The van der Waals surface area contributed by atoms with Gasteiger partial charge in [0.2, 0.25) is 5.91 Å². The molecule has 0 fully saturated rings. The summed E-state index contributed by atoms with van der Waals surface area (Å²) in [5.74, 6) is -0.0266. The fourth-order valence-corrected chi connectivity index (χ4v) is 2.95. The lowest BCUT2D eigenvalue weighted by atomic mass is 10.0. The van der Waals surface area contributed by atoms with E-state index in [-0.39, 0.29) is 11.9 Å². The minimum absolute atomic E-state index is 0.0266. The molecule has 118 valence electrons. The van der Waals surface area contributed by atoms with Crippen LogP contribution in [-0.2, 0) is 4.79 Å². The third kappa shape index (κ3) is 3.03. The molecule has 23 heavy (non-hydrogen) atoms. The molecule has 2 aromatic rings. The van der Waals surface area contributed by atoms with Gasteiger partial charge < -0.3 is 5.32 Å². The van der Waals surface area contributed by atoms with E-state index in [2.05, 4.69) is 24.1 Å². The molecule has 3 rings (SSSR count). The summed E-state index contributed by atoms with van der Waals surface area (Å²) in [6.45, 7) is 5.71. The number of para-hydroxylation sites is 2. The number of likely N-dealkylation sites (N-methyl/N-ethyl adjacent to an activating group) is 1. The maximum Gasteiger partial charge on any atom is 0.248 e. The maximum atomic E-state index is 12.9. The Labute approximate surface area is 136 Å². The highest BCUT2D eigenvalue weighted by molar-refractivity contribution is 6.22. The fraction of sp³-hybridized carbons (Fsp3) is 0.263. The Morgan fingerprint density at radius 1 is 1.00 bits per heavy atom. The molecular weight excluding hydrogens is 286 g/mol. The Balaban J connectivity index is 2.17. The highest BCUT2D eigenvalue weighted by Gasteiger charge is 2.32. The van der Waals surface area contributed by atoms with Crippen LogP contribution in [0.15, 0.2) is 59.6 Å². The standard InChI is InChI=1S/C19H21N3O/c1-3-22(4-2)18-17(14-10-6-5-7-11-14)20-15-12-8-9-13-16(15)21-19(18)23/h5-13,18H,3-4H2,1-2H3,(H,21,23)/t18-/m1/s1. The number of benzene rings is 2. The maximum absolute atomic E-state index is 12.9. The van der Waals surface area contributed by atoms with Crippen LogP contribution < -0.4 is 5.32 Å². The summed E-state index contributed by atoms with van der Waals surface area (Å²) in [4.78, 5) is 19.9. The molecular formula is C19H21N3O. The summed E-state index contributed by atoms with van der Waals surface area (Å²) >= 11 is 0. The van der Waals surface area contributed by atoms with Crippen molar-refractivity contribution in [3.63, 3.8) is 0 Å². The van der Waals surface area contributed by atoms with Crippen LogP contribution in [-0.4, -0.2) is 35.7 Å². The van der Waals surface area contributed by atoms with Gasteiger partial charge in [-0.3, -0.25) is 9.69 Å². The summed E-state index contributed by atoms with van der Waals surface area (Å²) in [5.41, 5.74) is 3.35. The Kier molecular flexibility index (Phi) is 4.53. The van der Waals surface area contributed by atoms with Gasteiger partial charge in [-0.15, -0.1) is 0 Å². The van der Waals surface area contributed by atoms with Crippen molar-refractivity contribution >= 4 is 23.0 Å². The Morgan fingerprint density at radius 2 is 1.65 bits per heavy atom. The molecule has 1 N–H and O–H groups in total. The van der Waals surface area contributed by atoms with E-state index < -0.39 is 0 Å². The lowest BCUT2D eigenvalue weighted by Gasteiger charge is -2.28. The van der Waals surface area contributed by atoms with Gasteiger partial charge in [-0.05, 0) is 30.8 Å². The summed E-state index contributed by atoms with van der Waals surface area (Å²) in [5, 5.41) is 3.03. The average molecular weight is 307 g/mol. The van der Waals surface area contributed by atoms with E-state index in [1.54, 1.807) is 0 Å². The second kappa shape index (κ2) is 6.75. The molecule has 0 saturated carbocycles. The zero-order valence-electron chi connectivity index (χ0n) is 13.5. The summed E-state index contributed by atoms with van der Waals surface area (Å²) in [7, 11) is 0. The first kappa shape index (κ1) is 15.4. The van der Waals surface area contributed by atoms with Crippen molar-refractivity contribution in [2.24, 2.45) is 4.99 Å². The zero-order chi connectivity index (χ0) is 16.2. The molecule has 0 radical (unpaired) electrons. The number of rotatable bonds is 4. The number of carbonyl (C=O) groups is 1. The van der Waals surface area contributed by atoms with Crippen LogP contribution in [0, 0.1) is 0 Å². The first-order chi connectivity index (χ1) is 11.2. The predicted molar refractivity (Wildman–Crippen MR) is 94.4 cm³/mol. The molecule has 4 heteroatoms. The summed E-state index contributed by atoms with van der Waals surface area (Å²) < 4.78 is 0. The fourth-order valence-electron chi connectivity index (χ4n) is 2.95. The number of carbonyl (C=O) groups excluding carboxylic acids is 1. The van der Waals surface area contributed by atoms with Crippen LogP contribution in [0.2, 0.25) is 0 Å². The minimum atomic E-state index is -0.389. The highest BCUT2D eigenvalue weighted by atomic mass is 16.2. The summed E-state index contributed by atoms with van der Waals surface area (Å²) in [6, 6.07) is 17.2. The second-order valence-corrected chi connectivity index (χ2v) is 5.49. The van der Waals surface area contributed by atoms with Gasteiger partial charge in [0.05, 0.1) is 17.1 Å². The van der Waals surface area contributed by atoms with Crippen LogP contribution in [0.1, 0.15) is 19.4 Å². The lowest BCUT2D eigenvalue weighted by Crippen LogP contribution is -2.48. The van der Waals surface area contributed by atoms with Crippen LogP contribution in [0.4, 0.5) is 11.4 Å². The Bertz CT molecular complexity index is 720. The van der Waals surface area contributed by atoms with Gasteiger partial charge in [0, 0.05) is 0 Å². The molecule has 0 saturated heterocycles. The molecule has 1 aliphatic heterocycles. The van der Waals surface area contributed by atoms with Crippen molar-refractivity contribution < 1.29 is 4.79 Å². The molecule has 2 aromatic carbocycles. The van der Waals surface area contributed by atoms with Crippen molar-refractivity contribution in [2.45, 2.75) is 19.9 Å². The van der Waals surface area contributed by atoms with Gasteiger partial charge >= 0.3 is 0 Å². The smallest absolute Gasteiger partial charge is 0.248 e. The van der Waals surface area contributed by atoms with E-state index in [0.29, 0.717) is 0 Å². The number of hydrogen-bond acceptors (Lipinski definition) is 3. The Morgan fingerprint density at radius 3 is 2.35 bits per heavy atom. The van der Waals surface area contributed by atoms with Gasteiger partial charge in [0.25, 0.3) is 0 Å². The summed E-state index contributed by atoms with van der Waals surface area (Å²) in [6.07, 6.45) is 0. The average Bonchev–Trinajstić information content (AvgIpc) is 2.74. The molecule has 0 unspecified atom stereocenters. The lowest BCUT2D eigenvalue weighted by molar-refractivity contribution is -0.119. The van der Waals surface area contributed by atoms with E-state index >= 15 is 0 Å². The van der Waals surface area contributed by atoms with E-state index in [1.807, 2.05) is 54.6 Å². The largest absolute Gasteiger partial charge is 0.322 e. The van der Waals surface area contributed by atoms with Gasteiger partial charge in [-0.1, -0.05) is 56.3 Å². The number of aliphatic imine (C=N–C) groups is 1. The van der Waals surface area contributed by atoms with Crippen LogP contribution >= 0.6 is 0 Å². The third-order valence-electron chi connectivity index (χ3n) is 4.16. The van der Waals surface area contributed by atoms with Crippen molar-refractivity contribution in [3.8, 4) is 0 Å². The number of nitrogens with one attached hydrogen (secondary N) is 1. The van der Waals surface area contributed by atoms with E-state index in [1.165, 1.54) is 0 Å². The number of hydrogen-bond donors (Lipinski definition) is 1. The van der Waals surface area contributed by atoms with Gasteiger partial charge in [0.1, 0.15) is 6.04 Å². The quantitative estimate of drug-likeness (QED) is 0.940. The van der Waals surface area contributed by atoms with Crippen LogP contribution in [0.5, 0.6) is 0 Å². The molecule has 0 aromatic heterocycles. The van der Waals surface area contributed by atoms with E-state index in [4.69, 9.17) is 4.99 Å². The highest BCUT2D eigenvalue weighted by Crippen LogP contribution is 2.29. The molecule has 0 bridgehead atoms. The molecule has 1 heterocycles. The first-order valence-electron chi connectivity index (χ1n) is 8.02. The van der Waals surface area contributed by atoms with Crippen molar-refractivity contribution in [2.75, 3.05) is 18.4 Å². The van der Waals surface area contributed by atoms with E-state index in [9.17, 15) is 4.79 Å². The predicted octanol–water partition coefficient (Wildman–Crippen LogP) is 3.47. The van der Waals surface area contributed by atoms with Crippen molar-refractivity contribution in [1.29, 1.82) is 0 Å². The van der Waals surface area contributed by atoms with Crippen LogP contribution in [0.25, 0.3) is 0 Å². The van der Waals surface area contributed by atoms with Gasteiger partial charge in [0.15, 0.2) is 0 Å². The normalized spacial score (nSPS) is 17.3. The topological polar surface area (TPSA) is 44.7 Å². The molecule has 1 amide bonds. The number of amides is 1. The molecule has 0 spiro atoms. The number of fused-ring (bicyclic) bond motifs is 1. The minimum Gasteiger partial charge on any atom is -0.322 e. The third-order valence-corrected chi connectivity index (χ3v) is 4.16. The van der Waals surface area contributed by atoms with Crippen LogP contribution in [0.3, 0.4) is 0 Å². The SMILES string of the molecule is CCN(CC)[C@H]1C(=O)Nc2ccccc2N=C1c1ccccc1. The van der Waals surface area contributed by atoms with E-state index in [0.717, 1.165) is 35.7 Å². The van der Waals surface area contributed by atoms with Crippen molar-refractivity contribution in [3.05, 3.63) is 60.2 Å². The molecule has 1 aliphatic rings. The Hall–Kier alpha value is -2.46. The molecule has 1 atom stereocenters. The van der Waals surface area contributed by atoms with Gasteiger partial charge in [-0.25, -0.2) is 4.99 Å².